The number of aryl methyl sites for hydroxylation is 1. The van der Waals surface area contributed by atoms with Crippen LogP contribution in [0.2, 0.25) is 0 Å². The second kappa shape index (κ2) is 6.11. The van der Waals surface area contributed by atoms with Crippen LogP contribution in [0, 0.1) is 0 Å². The molecule has 0 heterocycles. The summed E-state index contributed by atoms with van der Waals surface area (Å²) in [6.07, 6.45) is 3.45. The van der Waals surface area contributed by atoms with Gasteiger partial charge >= 0.3 is 5.97 Å². The zero-order chi connectivity index (χ0) is 12.0. The highest BCUT2D eigenvalue weighted by atomic mass is 16.5. The summed E-state index contributed by atoms with van der Waals surface area (Å²) in [4.78, 5) is 11.2. The second-order valence-electron chi connectivity index (χ2n) is 3.92. The third kappa shape index (κ3) is 3.89. The van der Waals surface area contributed by atoms with Crippen molar-refractivity contribution in [3.8, 4) is 5.75 Å². The minimum absolute atomic E-state index is 0.374. The van der Waals surface area contributed by atoms with Crippen LogP contribution in [0.5, 0.6) is 5.75 Å². The Hall–Kier alpha value is -1.57. The van der Waals surface area contributed by atoms with E-state index in [0.29, 0.717) is 11.3 Å². The second-order valence-corrected chi connectivity index (χ2v) is 3.92. The van der Waals surface area contributed by atoms with Gasteiger partial charge in [-0.3, -0.25) is 0 Å². The minimum atomic E-state index is -0.374. The van der Waals surface area contributed by atoms with Crippen LogP contribution in [0.4, 0.5) is 0 Å². The lowest BCUT2D eigenvalue weighted by Gasteiger charge is -2.05. The topological polar surface area (TPSA) is 26.3 Å². The third-order valence-electron chi connectivity index (χ3n) is 2.30. The molecule has 1 aromatic carbocycles. The molecule has 0 N–H and O–H groups in total. The first-order chi connectivity index (χ1) is 7.63. The fraction of sp³-hybridized carbons (Fsp3) is 0.357. The molecule has 0 spiro atoms. The van der Waals surface area contributed by atoms with Crippen LogP contribution in [0.25, 0.3) is 0 Å². The lowest BCUT2D eigenvalue weighted by molar-refractivity contribution is -0.130. The van der Waals surface area contributed by atoms with Crippen LogP contribution >= 0.6 is 0 Å². The minimum Gasteiger partial charge on any atom is -0.423 e. The van der Waals surface area contributed by atoms with E-state index in [1.165, 1.54) is 18.4 Å². The van der Waals surface area contributed by atoms with E-state index in [-0.39, 0.29) is 5.97 Å². The Bertz CT molecular complexity index is 363. The Morgan fingerprint density at radius 3 is 2.44 bits per heavy atom. The lowest BCUT2D eigenvalue weighted by Crippen LogP contribution is -2.07. The highest BCUT2D eigenvalue weighted by Crippen LogP contribution is 2.14. The Balaban J connectivity index is 2.57. The van der Waals surface area contributed by atoms with E-state index >= 15 is 0 Å². The van der Waals surface area contributed by atoms with Crippen LogP contribution in [0.3, 0.4) is 0 Å². The number of carbonyl (C=O) groups is 1. The van der Waals surface area contributed by atoms with E-state index < -0.39 is 0 Å². The van der Waals surface area contributed by atoms with Crippen molar-refractivity contribution in [2.75, 3.05) is 0 Å². The van der Waals surface area contributed by atoms with Crippen LogP contribution in [0.1, 0.15) is 32.3 Å². The van der Waals surface area contributed by atoms with Crippen molar-refractivity contribution in [3.05, 3.63) is 42.0 Å². The van der Waals surface area contributed by atoms with Crippen molar-refractivity contribution >= 4 is 5.97 Å². The van der Waals surface area contributed by atoms with Crippen LogP contribution in [0.15, 0.2) is 36.4 Å². The largest absolute Gasteiger partial charge is 0.423 e. The summed E-state index contributed by atoms with van der Waals surface area (Å²) >= 11 is 0. The number of hydrogen-bond donors (Lipinski definition) is 0. The Morgan fingerprint density at radius 1 is 1.31 bits per heavy atom. The number of carbonyl (C=O) groups excluding carboxylic acids is 1. The van der Waals surface area contributed by atoms with Gasteiger partial charge in [-0.1, -0.05) is 32.1 Å². The van der Waals surface area contributed by atoms with Crippen LogP contribution in [-0.2, 0) is 11.2 Å². The van der Waals surface area contributed by atoms with Gasteiger partial charge in [-0.2, -0.15) is 0 Å². The summed E-state index contributed by atoms with van der Waals surface area (Å²) in [6.45, 7) is 7.34. The molecule has 2 heteroatoms. The fourth-order valence-corrected chi connectivity index (χ4v) is 1.30. The third-order valence-corrected chi connectivity index (χ3v) is 2.30. The molecule has 0 fully saturated rings. The van der Waals surface area contributed by atoms with E-state index in [2.05, 4.69) is 13.5 Å². The molecule has 1 aromatic rings. The molecule has 2 nitrogen and oxygen atoms in total. The number of rotatable bonds is 5. The predicted octanol–water partition coefficient (Wildman–Crippen LogP) is 3.51. The number of ether oxygens (including phenoxy) is 1. The fourth-order valence-electron chi connectivity index (χ4n) is 1.30. The summed E-state index contributed by atoms with van der Waals surface area (Å²) in [5.74, 6) is 0.203. The molecule has 1 rings (SSSR count). The molecule has 0 radical (unpaired) electrons. The predicted molar refractivity (Wildman–Crippen MR) is 65.5 cm³/mol. The first kappa shape index (κ1) is 12.5. The van der Waals surface area contributed by atoms with Crippen molar-refractivity contribution in [2.45, 2.75) is 33.1 Å². The number of hydrogen-bond acceptors (Lipinski definition) is 2. The van der Waals surface area contributed by atoms with Gasteiger partial charge in [0.15, 0.2) is 0 Å². The molecule has 0 saturated heterocycles. The number of unbranched alkanes of at least 4 members (excludes halogenated alkanes) is 1. The highest BCUT2D eigenvalue weighted by molar-refractivity contribution is 5.88. The standard InChI is InChI=1S/C14H18O2/c1-4-5-6-12-7-9-13(10-8-12)16-14(15)11(2)3/h7-10H,2,4-6H2,1,3H3. The summed E-state index contributed by atoms with van der Waals surface area (Å²) in [7, 11) is 0. The molecule has 0 unspecified atom stereocenters. The summed E-state index contributed by atoms with van der Waals surface area (Å²) < 4.78 is 5.10. The number of esters is 1. The van der Waals surface area contributed by atoms with Crippen LogP contribution < -0.4 is 4.74 Å². The van der Waals surface area contributed by atoms with E-state index in [1.807, 2.05) is 24.3 Å². The summed E-state index contributed by atoms with van der Waals surface area (Å²) in [5, 5.41) is 0. The molecule has 0 atom stereocenters. The summed E-state index contributed by atoms with van der Waals surface area (Å²) in [5.41, 5.74) is 1.69. The van der Waals surface area contributed by atoms with Crippen molar-refractivity contribution in [1.82, 2.24) is 0 Å². The molecular weight excluding hydrogens is 200 g/mol. The zero-order valence-corrected chi connectivity index (χ0v) is 9.95. The molecule has 86 valence electrons. The average molecular weight is 218 g/mol. The molecule has 0 bridgehead atoms. The molecule has 0 amide bonds. The molecule has 0 aliphatic heterocycles. The average Bonchev–Trinajstić information content (AvgIpc) is 2.28. The van der Waals surface area contributed by atoms with Crippen molar-refractivity contribution in [3.63, 3.8) is 0 Å². The first-order valence-electron chi connectivity index (χ1n) is 5.60. The zero-order valence-electron chi connectivity index (χ0n) is 9.95. The van der Waals surface area contributed by atoms with Crippen LogP contribution in [-0.4, -0.2) is 5.97 Å². The van der Waals surface area contributed by atoms with Gasteiger partial charge < -0.3 is 4.74 Å². The maximum absolute atomic E-state index is 11.2. The molecule has 0 aliphatic carbocycles. The van der Waals surface area contributed by atoms with Crippen molar-refractivity contribution in [2.24, 2.45) is 0 Å². The van der Waals surface area contributed by atoms with Gasteiger partial charge in [0.05, 0.1) is 0 Å². The van der Waals surface area contributed by atoms with Crippen molar-refractivity contribution < 1.29 is 9.53 Å². The first-order valence-corrected chi connectivity index (χ1v) is 5.60. The molecule has 0 aromatic heterocycles. The van der Waals surface area contributed by atoms with Gasteiger partial charge in [-0.15, -0.1) is 0 Å². The van der Waals surface area contributed by atoms with Gasteiger partial charge in [0, 0.05) is 5.57 Å². The maximum Gasteiger partial charge on any atom is 0.338 e. The molecule has 16 heavy (non-hydrogen) atoms. The van der Waals surface area contributed by atoms with E-state index in [0.717, 1.165) is 6.42 Å². The maximum atomic E-state index is 11.2. The van der Waals surface area contributed by atoms with Crippen molar-refractivity contribution in [1.29, 1.82) is 0 Å². The van der Waals surface area contributed by atoms with Gasteiger partial charge in [0.1, 0.15) is 5.75 Å². The normalized spacial score (nSPS) is 9.88. The van der Waals surface area contributed by atoms with Gasteiger partial charge in [-0.05, 0) is 37.5 Å². The Labute approximate surface area is 96.9 Å². The van der Waals surface area contributed by atoms with E-state index in [4.69, 9.17) is 4.74 Å². The quantitative estimate of drug-likeness (QED) is 0.429. The number of benzene rings is 1. The molecule has 0 aliphatic rings. The van der Waals surface area contributed by atoms with Gasteiger partial charge in [0.25, 0.3) is 0 Å². The monoisotopic (exact) mass is 218 g/mol. The highest BCUT2D eigenvalue weighted by Gasteiger charge is 2.04. The Kier molecular flexibility index (Phi) is 4.77. The molecular formula is C14H18O2. The summed E-state index contributed by atoms with van der Waals surface area (Å²) in [6, 6.07) is 7.64. The smallest absolute Gasteiger partial charge is 0.338 e. The lowest BCUT2D eigenvalue weighted by atomic mass is 10.1. The SMILES string of the molecule is C=C(C)C(=O)Oc1ccc(CCCC)cc1. The Morgan fingerprint density at radius 2 is 1.94 bits per heavy atom. The van der Waals surface area contributed by atoms with Gasteiger partial charge in [-0.25, -0.2) is 4.79 Å². The van der Waals surface area contributed by atoms with E-state index in [1.54, 1.807) is 6.92 Å². The van der Waals surface area contributed by atoms with Gasteiger partial charge in [0.2, 0.25) is 0 Å². The molecule has 0 saturated carbocycles. The van der Waals surface area contributed by atoms with E-state index in [9.17, 15) is 4.79 Å².